The molecule has 2 aromatic heterocycles. The molecule has 184 valence electrons. The minimum atomic E-state index is -0.729. The number of pyridine rings is 1. The second-order valence-electron chi connectivity index (χ2n) is 7.68. The van der Waals surface area contributed by atoms with Gasteiger partial charge in [0.05, 0.1) is 6.20 Å². The van der Waals surface area contributed by atoms with Gasteiger partial charge in [-0.25, -0.2) is 18.7 Å². The lowest BCUT2D eigenvalue weighted by Crippen LogP contribution is -2.24. The Bertz CT molecular complexity index is 1430. The Hall–Kier alpha value is -4.74. The smallest absolute Gasteiger partial charge is 0.257 e. The number of carbonyl (C=O) groups excluding carboxylic acids is 1. The highest BCUT2D eigenvalue weighted by atomic mass is 19.1. The summed E-state index contributed by atoms with van der Waals surface area (Å²) in [6.07, 6.45) is 0.928. The number of aromatic nitrogens is 4. The summed E-state index contributed by atoms with van der Waals surface area (Å²) in [6, 6.07) is 10.0. The van der Waals surface area contributed by atoms with Gasteiger partial charge in [-0.3, -0.25) is 9.89 Å². The van der Waals surface area contributed by atoms with Gasteiger partial charge >= 0.3 is 0 Å². The van der Waals surface area contributed by atoms with Crippen LogP contribution in [0.25, 0.3) is 0 Å². The molecule has 4 aromatic rings. The van der Waals surface area contributed by atoms with E-state index in [0.717, 1.165) is 12.3 Å². The molecule has 0 saturated heterocycles. The number of rotatable bonds is 8. The SMILES string of the molecule is Cc1nc(COc2ccc(CNC(=O)c3cc(F)cnc3Oc3ccc4c(c3)OCO4)c(F)c2)n[nH]1. The maximum Gasteiger partial charge on any atom is 0.257 e. The standard InChI is InChI=1S/C24H19F2N5O5/c1-13-29-22(31-30-13)11-33-16-3-2-14(19(26)7-16)9-27-23(32)18-6-15(25)10-28-24(18)36-17-4-5-20-21(8-17)35-12-34-20/h2-8,10H,9,11-12H2,1H3,(H,27,32)(H,29,30,31). The lowest BCUT2D eigenvalue weighted by Gasteiger charge is -2.12. The van der Waals surface area contributed by atoms with Gasteiger partial charge in [0, 0.05) is 24.2 Å². The van der Waals surface area contributed by atoms with Crippen LogP contribution in [0.4, 0.5) is 8.78 Å². The normalized spacial score (nSPS) is 11.9. The second kappa shape index (κ2) is 9.86. The van der Waals surface area contributed by atoms with E-state index in [1.54, 1.807) is 31.2 Å². The molecule has 1 amide bonds. The van der Waals surface area contributed by atoms with E-state index >= 15 is 0 Å². The van der Waals surface area contributed by atoms with Crippen molar-refractivity contribution >= 4 is 5.91 Å². The van der Waals surface area contributed by atoms with Crippen LogP contribution in [0.5, 0.6) is 28.9 Å². The topological polar surface area (TPSA) is 120 Å². The van der Waals surface area contributed by atoms with E-state index in [4.69, 9.17) is 18.9 Å². The van der Waals surface area contributed by atoms with Crippen LogP contribution in [-0.2, 0) is 13.2 Å². The highest BCUT2D eigenvalue weighted by Gasteiger charge is 2.19. The number of aromatic amines is 1. The average molecular weight is 495 g/mol. The van der Waals surface area contributed by atoms with Crippen LogP contribution >= 0.6 is 0 Å². The summed E-state index contributed by atoms with van der Waals surface area (Å²) < 4.78 is 50.2. The number of carbonyl (C=O) groups is 1. The van der Waals surface area contributed by atoms with Gasteiger partial charge in [0.2, 0.25) is 12.7 Å². The van der Waals surface area contributed by atoms with E-state index in [1.807, 2.05) is 0 Å². The summed E-state index contributed by atoms with van der Waals surface area (Å²) in [5.41, 5.74) is 0.0434. The third-order valence-electron chi connectivity index (χ3n) is 5.10. The first-order chi connectivity index (χ1) is 17.4. The lowest BCUT2D eigenvalue weighted by atomic mass is 10.2. The largest absolute Gasteiger partial charge is 0.485 e. The first kappa shape index (κ1) is 23.0. The molecular formula is C24H19F2N5O5. The van der Waals surface area contributed by atoms with Gasteiger partial charge in [0.25, 0.3) is 5.91 Å². The van der Waals surface area contributed by atoms with Crippen LogP contribution in [0.1, 0.15) is 27.6 Å². The van der Waals surface area contributed by atoms with Crippen molar-refractivity contribution in [2.45, 2.75) is 20.1 Å². The molecule has 3 heterocycles. The number of ether oxygens (including phenoxy) is 4. The van der Waals surface area contributed by atoms with Crippen molar-refractivity contribution in [2.24, 2.45) is 0 Å². The number of amides is 1. The molecule has 5 rings (SSSR count). The van der Waals surface area contributed by atoms with Crippen molar-refractivity contribution in [1.29, 1.82) is 0 Å². The molecule has 0 atom stereocenters. The highest BCUT2D eigenvalue weighted by molar-refractivity contribution is 5.96. The third kappa shape index (κ3) is 5.17. The molecule has 36 heavy (non-hydrogen) atoms. The third-order valence-corrected chi connectivity index (χ3v) is 5.10. The van der Waals surface area contributed by atoms with E-state index in [-0.39, 0.29) is 42.7 Å². The average Bonchev–Trinajstić information content (AvgIpc) is 3.51. The van der Waals surface area contributed by atoms with Crippen LogP contribution in [0.3, 0.4) is 0 Å². The molecule has 12 heteroatoms. The predicted molar refractivity (Wildman–Crippen MR) is 120 cm³/mol. The molecule has 0 radical (unpaired) electrons. The number of fused-ring (bicyclic) bond motifs is 1. The number of hydrogen-bond acceptors (Lipinski definition) is 8. The van der Waals surface area contributed by atoms with Crippen molar-refractivity contribution in [3.05, 3.63) is 83.1 Å². The number of benzene rings is 2. The van der Waals surface area contributed by atoms with Gasteiger partial charge < -0.3 is 24.3 Å². The quantitative estimate of drug-likeness (QED) is 0.379. The summed E-state index contributed by atoms with van der Waals surface area (Å²) in [6.45, 7) is 1.75. The van der Waals surface area contributed by atoms with Crippen LogP contribution in [0.2, 0.25) is 0 Å². The maximum atomic E-state index is 14.6. The van der Waals surface area contributed by atoms with Crippen LogP contribution < -0.4 is 24.3 Å². The van der Waals surface area contributed by atoms with Crippen molar-refractivity contribution in [3.8, 4) is 28.9 Å². The van der Waals surface area contributed by atoms with Gasteiger partial charge in [-0.1, -0.05) is 6.07 Å². The first-order valence-corrected chi connectivity index (χ1v) is 10.7. The zero-order valence-electron chi connectivity index (χ0n) is 18.9. The van der Waals surface area contributed by atoms with Crippen LogP contribution in [-0.4, -0.2) is 32.9 Å². The van der Waals surface area contributed by atoms with Crippen molar-refractivity contribution in [3.63, 3.8) is 0 Å². The fourth-order valence-electron chi connectivity index (χ4n) is 3.36. The monoisotopic (exact) mass is 495 g/mol. The van der Waals surface area contributed by atoms with E-state index in [9.17, 15) is 13.6 Å². The Labute approximate surface area is 203 Å². The summed E-state index contributed by atoms with van der Waals surface area (Å²) in [4.78, 5) is 20.8. The van der Waals surface area contributed by atoms with E-state index in [2.05, 4.69) is 25.5 Å². The van der Waals surface area contributed by atoms with Gasteiger partial charge in [-0.15, -0.1) is 0 Å². The molecule has 2 aromatic carbocycles. The molecule has 0 fully saturated rings. The molecule has 1 aliphatic rings. The van der Waals surface area contributed by atoms with Gasteiger partial charge in [-0.05, 0) is 31.2 Å². The fraction of sp³-hybridized carbons (Fsp3) is 0.167. The number of nitrogens with zero attached hydrogens (tertiary/aromatic N) is 3. The summed E-state index contributed by atoms with van der Waals surface area (Å²) >= 11 is 0. The Morgan fingerprint density at radius 2 is 1.94 bits per heavy atom. The zero-order valence-corrected chi connectivity index (χ0v) is 18.9. The Morgan fingerprint density at radius 1 is 1.11 bits per heavy atom. The van der Waals surface area contributed by atoms with E-state index in [0.29, 0.717) is 28.9 Å². The minimum Gasteiger partial charge on any atom is -0.485 e. The number of H-pyrrole nitrogens is 1. The van der Waals surface area contributed by atoms with Crippen LogP contribution in [0.15, 0.2) is 48.7 Å². The Balaban J connectivity index is 1.24. The number of hydrogen-bond donors (Lipinski definition) is 2. The molecule has 0 bridgehead atoms. The van der Waals surface area contributed by atoms with Crippen LogP contribution in [0, 0.1) is 18.6 Å². The molecule has 0 spiro atoms. The summed E-state index contributed by atoms with van der Waals surface area (Å²) in [5.74, 6) is 0.554. The summed E-state index contributed by atoms with van der Waals surface area (Å²) in [5, 5.41) is 9.20. The maximum absolute atomic E-state index is 14.6. The number of aryl methyl sites for hydroxylation is 1. The minimum absolute atomic E-state index is 0.0680. The molecule has 0 saturated carbocycles. The predicted octanol–water partition coefficient (Wildman–Crippen LogP) is 3.82. The lowest BCUT2D eigenvalue weighted by molar-refractivity contribution is 0.0947. The highest BCUT2D eigenvalue weighted by Crippen LogP contribution is 2.36. The first-order valence-electron chi connectivity index (χ1n) is 10.7. The van der Waals surface area contributed by atoms with E-state index in [1.165, 1.54) is 12.1 Å². The van der Waals surface area contributed by atoms with Gasteiger partial charge in [-0.2, -0.15) is 5.10 Å². The molecule has 1 aliphatic heterocycles. The Kier molecular flexibility index (Phi) is 6.31. The number of nitrogens with one attached hydrogen (secondary N) is 2. The van der Waals surface area contributed by atoms with Gasteiger partial charge in [0.1, 0.15) is 41.1 Å². The molecule has 0 aliphatic carbocycles. The fourth-order valence-corrected chi connectivity index (χ4v) is 3.36. The van der Waals surface area contributed by atoms with Crippen molar-refractivity contribution in [2.75, 3.05) is 6.79 Å². The molecular weight excluding hydrogens is 476 g/mol. The molecule has 0 unspecified atom stereocenters. The molecule has 10 nitrogen and oxygen atoms in total. The van der Waals surface area contributed by atoms with Crippen molar-refractivity contribution in [1.82, 2.24) is 25.5 Å². The Morgan fingerprint density at radius 3 is 2.75 bits per heavy atom. The molecule has 2 N–H and O–H groups in total. The second-order valence-corrected chi connectivity index (χ2v) is 7.68. The van der Waals surface area contributed by atoms with Gasteiger partial charge in [0.15, 0.2) is 17.3 Å². The summed E-state index contributed by atoms with van der Waals surface area (Å²) in [7, 11) is 0. The van der Waals surface area contributed by atoms with Crippen molar-refractivity contribution < 1.29 is 32.5 Å². The zero-order chi connectivity index (χ0) is 25.1. The number of halogens is 2. The van der Waals surface area contributed by atoms with E-state index < -0.39 is 17.5 Å².